The molecule has 0 saturated heterocycles. The van der Waals surface area contributed by atoms with Gasteiger partial charge in [-0.25, -0.2) is 0 Å². The zero-order valence-corrected chi connectivity index (χ0v) is 18.3. The molecule has 160 valence electrons. The highest BCUT2D eigenvalue weighted by atomic mass is 32.1. The van der Waals surface area contributed by atoms with Crippen LogP contribution < -0.4 is 10.6 Å². The molecule has 0 aliphatic rings. The minimum absolute atomic E-state index is 0.00310. The number of anilines is 1. The fraction of sp³-hybridized carbons (Fsp3) is 0.524. The van der Waals surface area contributed by atoms with Crippen molar-refractivity contribution in [3.05, 3.63) is 29.8 Å². The number of carbonyl (C=O) groups excluding carboxylic acids is 3. The molecule has 0 aliphatic heterocycles. The molecule has 2 N–H and O–H groups in total. The van der Waals surface area contributed by atoms with Crippen molar-refractivity contribution in [2.75, 3.05) is 25.0 Å². The van der Waals surface area contributed by atoms with Crippen LogP contribution in [0.2, 0.25) is 0 Å². The molecule has 0 fully saturated rings. The minimum Gasteiger partial charge on any atom is -0.466 e. The van der Waals surface area contributed by atoms with Gasteiger partial charge in [0.05, 0.1) is 13.0 Å². The average Bonchev–Trinajstić information content (AvgIpc) is 2.70. The van der Waals surface area contributed by atoms with E-state index in [0.29, 0.717) is 30.9 Å². The van der Waals surface area contributed by atoms with Gasteiger partial charge in [0, 0.05) is 30.8 Å². The highest BCUT2D eigenvalue weighted by Gasteiger charge is 2.15. The lowest BCUT2D eigenvalue weighted by Gasteiger charge is -2.21. The third-order valence-corrected chi connectivity index (χ3v) is 4.12. The molecule has 0 aromatic heterocycles. The second-order valence-corrected chi connectivity index (χ2v) is 7.00. The maximum atomic E-state index is 12.7. The molecule has 7 nitrogen and oxygen atoms in total. The number of hydrogen-bond donors (Lipinski definition) is 2. The fourth-order valence-corrected chi connectivity index (χ4v) is 2.85. The first-order valence-electron chi connectivity index (χ1n) is 10.1. The van der Waals surface area contributed by atoms with E-state index in [4.69, 9.17) is 17.0 Å². The van der Waals surface area contributed by atoms with Crippen LogP contribution in [0.1, 0.15) is 63.2 Å². The smallest absolute Gasteiger partial charge is 0.306 e. The number of nitrogens with zero attached hydrogens (tertiary/aromatic N) is 1. The molecule has 0 atom stereocenters. The van der Waals surface area contributed by atoms with Gasteiger partial charge in [0.15, 0.2) is 5.11 Å². The van der Waals surface area contributed by atoms with E-state index in [1.165, 1.54) is 0 Å². The summed E-state index contributed by atoms with van der Waals surface area (Å²) in [6.45, 7) is 7.75. The monoisotopic (exact) mass is 421 g/mol. The molecule has 2 amide bonds. The van der Waals surface area contributed by atoms with E-state index in [2.05, 4.69) is 10.6 Å². The predicted molar refractivity (Wildman–Crippen MR) is 118 cm³/mol. The number of thiocarbonyl (C=S) groups is 1. The number of rotatable bonds is 11. The minimum atomic E-state index is -0.407. The Morgan fingerprint density at radius 2 is 1.72 bits per heavy atom. The molecule has 0 radical (unpaired) electrons. The zero-order chi connectivity index (χ0) is 21.6. The number of esters is 1. The first kappa shape index (κ1) is 24.6. The summed E-state index contributed by atoms with van der Waals surface area (Å²) in [6, 6.07) is 7.00. The standard InChI is InChI=1S/C21H31N3O4S/c1-4-12-24(13-5-2)20(27)16-8-7-9-17(15-16)22-21(29)23-18(25)10-11-19(26)28-14-6-3/h7-9,15H,4-6,10-14H2,1-3H3,(H2,22,23,25,29). The van der Waals surface area contributed by atoms with Crippen molar-refractivity contribution in [2.45, 2.75) is 52.9 Å². The van der Waals surface area contributed by atoms with Crippen LogP contribution in [0, 0.1) is 0 Å². The molecule has 0 saturated carbocycles. The third-order valence-electron chi connectivity index (χ3n) is 3.92. The average molecular weight is 422 g/mol. The number of amides is 2. The first-order chi connectivity index (χ1) is 13.9. The van der Waals surface area contributed by atoms with Gasteiger partial charge in [-0.3, -0.25) is 14.4 Å². The largest absolute Gasteiger partial charge is 0.466 e. The molecule has 1 rings (SSSR count). The number of nitrogens with one attached hydrogen (secondary N) is 2. The van der Waals surface area contributed by atoms with Crippen LogP contribution in [0.5, 0.6) is 0 Å². The summed E-state index contributed by atoms with van der Waals surface area (Å²) in [5, 5.41) is 5.55. The maximum absolute atomic E-state index is 12.7. The Morgan fingerprint density at radius 3 is 2.34 bits per heavy atom. The van der Waals surface area contributed by atoms with Gasteiger partial charge in [-0.05, 0) is 49.7 Å². The number of hydrogen-bond acceptors (Lipinski definition) is 5. The Morgan fingerprint density at radius 1 is 1.03 bits per heavy atom. The highest BCUT2D eigenvalue weighted by molar-refractivity contribution is 7.80. The molecule has 0 unspecified atom stereocenters. The molecule has 0 heterocycles. The van der Waals surface area contributed by atoms with E-state index in [0.717, 1.165) is 19.3 Å². The second kappa shape index (κ2) is 13.7. The molecule has 1 aromatic carbocycles. The lowest BCUT2D eigenvalue weighted by Crippen LogP contribution is -2.34. The maximum Gasteiger partial charge on any atom is 0.306 e. The van der Waals surface area contributed by atoms with Crippen LogP contribution >= 0.6 is 12.2 Å². The van der Waals surface area contributed by atoms with Crippen LogP contribution in [-0.2, 0) is 14.3 Å². The number of carbonyl (C=O) groups is 3. The highest BCUT2D eigenvalue weighted by Crippen LogP contribution is 2.13. The van der Waals surface area contributed by atoms with E-state index < -0.39 is 5.97 Å². The zero-order valence-electron chi connectivity index (χ0n) is 17.5. The van der Waals surface area contributed by atoms with E-state index in [9.17, 15) is 14.4 Å². The molecule has 1 aromatic rings. The van der Waals surface area contributed by atoms with Crippen LogP contribution in [0.4, 0.5) is 5.69 Å². The van der Waals surface area contributed by atoms with Crippen molar-refractivity contribution >= 4 is 40.8 Å². The van der Waals surface area contributed by atoms with Crippen molar-refractivity contribution in [3.63, 3.8) is 0 Å². The molecule has 29 heavy (non-hydrogen) atoms. The third kappa shape index (κ3) is 9.51. The fourth-order valence-electron chi connectivity index (χ4n) is 2.62. The van der Waals surface area contributed by atoms with Crippen molar-refractivity contribution in [2.24, 2.45) is 0 Å². The van der Waals surface area contributed by atoms with Gasteiger partial charge in [0.1, 0.15) is 0 Å². The van der Waals surface area contributed by atoms with Crippen LogP contribution in [-0.4, -0.2) is 47.5 Å². The quantitative estimate of drug-likeness (QED) is 0.420. The Kier molecular flexibility index (Phi) is 11.6. The molecular formula is C21H31N3O4S. The summed E-state index contributed by atoms with van der Waals surface area (Å²) in [5.41, 5.74) is 1.17. The van der Waals surface area contributed by atoms with Gasteiger partial charge in [-0.1, -0.05) is 26.8 Å². The van der Waals surface area contributed by atoms with E-state index >= 15 is 0 Å². The lowest BCUT2D eigenvalue weighted by atomic mass is 10.1. The summed E-state index contributed by atoms with van der Waals surface area (Å²) < 4.78 is 4.93. The summed E-state index contributed by atoms with van der Waals surface area (Å²) in [4.78, 5) is 37.9. The summed E-state index contributed by atoms with van der Waals surface area (Å²) in [5.74, 6) is -0.811. The lowest BCUT2D eigenvalue weighted by molar-refractivity contribution is -0.144. The molecular weight excluding hydrogens is 390 g/mol. The van der Waals surface area contributed by atoms with Gasteiger partial charge in [-0.2, -0.15) is 0 Å². The molecule has 0 aliphatic carbocycles. The van der Waals surface area contributed by atoms with Gasteiger partial charge < -0.3 is 20.3 Å². The Hall–Kier alpha value is -2.48. The van der Waals surface area contributed by atoms with Gasteiger partial charge in [0.2, 0.25) is 5.91 Å². The van der Waals surface area contributed by atoms with E-state index in [1.807, 2.05) is 25.7 Å². The van der Waals surface area contributed by atoms with E-state index in [1.54, 1.807) is 24.3 Å². The van der Waals surface area contributed by atoms with Crippen molar-refractivity contribution in [1.29, 1.82) is 0 Å². The molecule has 0 spiro atoms. The second-order valence-electron chi connectivity index (χ2n) is 6.60. The molecule has 0 bridgehead atoms. The van der Waals surface area contributed by atoms with Crippen LogP contribution in [0.25, 0.3) is 0 Å². The van der Waals surface area contributed by atoms with Gasteiger partial charge in [0.25, 0.3) is 5.91 Å². The van der Waals surface area contributed by atoms with Crippen molar-refractivity contribution in [3.8, 4) is 0 Å². The Balaban J connectivity index is 2.59. The van der Waals surface area contributed by atoms with Gasteiger partial charge >= 0.3 is 5.97 Å². The van der Waals surface area contributed by atoms with E-state index in [-0.39, 0.29) is 29.8 Å². The number of ether oxygens (including phenoxy) is 1. The topological polar surface area (TPSA) is 87.7 Å². The number of benzene rings is 1. The summed E-state index contributed by atoms with van der Waals surface area (Å²) in [7, 11) is 0. The van der Waals surface area contributed by atoms with Crippen LogP contribution in [0.3, 0.4) is 0 Å². The predicted octanol–water partition coefficient (Wildman–Crippen LogP) is 3.50. The molecule has 8 heteroatoms. The summed E-state index contributed by atoms with van der Waals surface area (Å²) in [6.07, 6.45) is 2.52. The van der Waals surface area contributed by atoms with Crippen LogP contribution in [0.15, 0.2) is 24.3 Å². The SMILES string of the molecule is CCCOC(=O)CCC(=O)NC(=S)Nc1cccc(C(=O)N(CCC)CCC)c1. The Labute approximate surface area is 178 Å². The first-order valence-corrected chi connectivity index (χ1v) is 10.5. The van der Waals surface area contributed by atoms with Gasteiger partial charge in [-0.15, -0.1) is 0 Å². The normalized spacial score (nSPS) is 10.2. The van der Waals surface area contributed by atoms with Crippen molar-refractivity contribution < 1.29 is 19.1 Å². The summed E-state index contributed by atoms with van der Waals surface area (Å²) >= 11 is 5.15. The Bertz CT molecular complexity index is 703. The van der Waals surface area contributed by atoms with Crippen molar-refractivity contribution in [1.82, 2.24) is 10.2 Å².